The van der Waals surface area contributed by atoms with E-state index in [0.717, 1.165) is 33.4 Å². The Kier molecular flexibility index (Phi) is 5.65. The Bertz CT molecular complexity index is 960. The third kappa shape index (κ3) is 4.59. The van der Waals surface area contributed by atoms with E-state index < -0.39 is 5.97 Å². The van der Waals surface area contributed by atoms with Crippen molar-refractivity contribution < 1.29 is 19.0 Å². The van der Waals surface area contributed by atoms with Crippen molar-refractivity contribution in [3.8, 4) is 17.2 Å². The maximum absolute atomic E-state index is 12.2. The number of carbonyl (C=O) groups is 1. The van der Waals surface area contributed by atoms with E-state index in [1.165, 1.54) is 0 Å². The molecule has 0 bridgehead atoms. The molecule has 0 amide bonds. The van der Waals surface area contributed by atoms with Crippen LogP contribution in [0.4, 0.5) is 0 Å². The lowest BCUT2D eigenvalue weighted by molar-refractivity contribution is -0.136. The molecule has 3 aromatic carbocycles. The van der Waals surface area contributed by atoms with Crippen LogP contribution in [0.25, 0.3) is 10.8 Å². The van der Waals surface area contributed by atoms with Gasteiger partial charge in [0.25, 0.3) is 0 Å². The number of hydrogen-bond donors (Lipinski definition) is 0. The van der Waals surface area contributed by atoms with E-state index in [1.807, 2.05) is 55.5 Å². The molecule has 4 nitrogen and oxygen atoms in total. The zero-order chi connectivity index (χ0) is 19.4. The van der Waals surface area contributed by atoms with Gasteiger partial charge in [-0.05, 0) is 65.1 Å². The first-order valence-electron chi connectivity index (χ1n) is 8.98. The molecule has 4 heteroatoms. The fraction of sp³-hybridized carbons (Fsp3) is 0.261. The first-order chi connectivity index (χ1) is 13.0. The molecule has 0 aliphatic carbocycles. The lowest BCUT2D eigenvalue weighted by atomic mass is 10.0. The highest BCUT2D eigenvalue weighted by Gasteiger charge is 2.12. The number of carbonyl (C=O) groups excluding carboxylic acids is 1. The van der Waals surface area contributed by atoms with Crippen molar-refractivity contribution >= 4 is 16.7 Å². The van der Waals surface area contributed by atoms with Crippen LogP contribution in [0.15, 0.2) is 54.6 Å². The molecule has 0 aromatic heterocycles. The van der Waals surface area contributed by atoms with E-state index in [-0.39, 0.29) is 6.61 Å². The van der Waals surface area contributed by atoms with Crippen LogP contribution in [-0.2, 0) is 4.79 Å². The highest BCUT2D eigenvalue weighted by Crippen LogP contribution is 2.28. The minimum absolute atomic E-state index is 0.140. The highest BCUT2D eigenvalue weighted by molar-refractivity contribution is 5.86. The fourth-order valence-corrected chi connectivity index (χ4v) is 2.93. The van der Waals surface area contributed by atoms with Crippen LogP contribution in [0.2, 0.25) is 0 Å². The zero-order valence-corrected chi connectivity index (χ0v) is 16.1. The van der Waals surface area contributed by atoms with Gasteiger partial charge in [0.05, 0.1) is 7.11 Å². The molecule has 0 aliphatic heterocycles. The summed E-state index contributed by atoms with van der Waals surface area (Å²) in [6, 6.07) is 17.3. The minimum atomic E-state index is -0.437. The van der Waals surface area contributed by atoms with Crippen molar-refractivity contribution in [1.29, 1.82) is 0 Å². The van der Waals surface area contributed by atoms with Gasteiger partial charge in [0, 0.05) is 0 Å². The Morgan fingerprint density at radius 1 is 0.926 bits per heavy atom. The first kappa shape index (κ1) is 18.8. The summed E-state index contributed by atoms with van der Waals surface area (Å²) in [4.78, 5) is 12.2. The molecule has 0 aliphatic rings. The molecule has 0 fully saturated rings. The molecule has 0 atom stereocenters. The standard InChI is InChI=1S/C23H24O4/c1-15(2)21-10-5-16(3)11-22(21)26-14-23(24)27-20-9-7-17-6-8-19(25-4)12-18(17)13-20/h5-13,15H,14H2,1-4H3. The second kappa shape index (κ2) is 8.12. The number of methoxy groups -OCH3 is 1. The van der Waals surface area contributed by atoms with Gasteiger partial charge in [-0.1, -0.05) is 38.1 Å². The van der Waals surface area contributed by atoms with Crippen molar-refractivity contribution in [2.75, 3.05) is 13.7 Å². The molecule has 0 radical (unpaired) electrons. The van der Waals surface area contributed by atoms with E-state index in [4.69, 9.17) is 14.2 Å². The van der Waals surface area contributed by atoms with Crippen molar-refractivity contribution in [1.82, 2.24) is 0 Å². The summed E-state index contributed by atoms with van der Waals surface area (Å²) in [6.45, 7) is 6.05. The summed E-state index contributed by atoms with van der Waals surface area (Å²) in [6.07, 6.45) is 0. The number of fused-ring (bicyclic) bond motifs is 1. The van der Waals surface area contributed by atoms with Crippen LogP contribution in [-0.4, -0.2) is 19.7 Å². The summed E-state index contributed by atoms with van der Waals surface area (Å²) in [5.41, 5.74) is 2.16. The van der Waals surface area contributed by atoms with Gasteiger partial charge in [0.1, 0.15) is 17.2 Å². The van der Waals surface area contributed by atoms with E-state index in [9.17, 15) is 4.79 Å². The lowest BCUT2D eigenvalue weighted by Crippen LogP contribution is -2.18. The van der Waals surface area contributed by atoms with Gasteiger partial charge in [0.2, 0.25) is 0 Å². The van der Waals surface area contributed by atoms with E-state index in [0.29, 0.717) is 11.7 Å². The average molecular weight is 364 g/mol. The molecular weight excluding hydrogens is 340 g/mol. The molecule has 0 heterocycles. The molecule has 0 saturated heterocycles. The predicted octanol–water partition coefficient (Wildman–Crippen LogP) is 5.26. The largest absolute Gasteiger partial charge is 0.497 e. The van der Waals surface area contributed by atoms with Crippen molar-refractivity contribution in [3.63, 3.8) is 0 Å². The Morgan fingerprint density at radius 3 is 2.33 bits per heavy atom. The number of esters is 1. The molecule has 3 rings (SSSR count). The van der Waals surface area contributed by atoms with Gasteiger partial charge in [-0.15, -0.1) is 0 Å². The maximum atomic E-state index is 12.2. The normalized spacial score (nSPS) is 10.9. The molecule has 0 N–H and O–H groups in total. The lowest BCUT2D eigenvalue weighted by Gasteiger charge is -2.14. The summed E-state index contributed by atoms with van der Waals surface area (Å²) in [5.74, 6) is 1.85. The SMILES string of the molecule is COc1ccc2ccc(OC(=O)COc3cc(C)ccc3C(C)C)cc2c1. The summed E-state index contributed by atoms with van der Waals surface area (Å²) >= 11 is 0. The highest BCUT2D eigenvalue weighted by atomic mass is 16.6. The van der Waals surface area contributed by atoms with Crippen LogP contribution in [0.1, 0.15) is 30.9 Å². The summed E-state index contributed by atoms with van der Waals surface area (Å²) in [5, 5.41) is 1.99. The van der Waals surface area contributed by atoms with Gasteiger partial charge in [0.15, 0.2) is 6.61 Å². The van der Waals surface area contributed by atoms with Crippen LogP contribution < -0.4 is 14.2 Å². The molecule has 0 saturated carbocycles. The van der Waals surface area contributed by atoms with Crippen molar-refractivity contribution in [2.45, 2.75) is 26.7 Å². The van der Waals surface area contributed by atoms with E-state index in [1.54, 1.807) is 13.2 Å². The smallest absolute Gasteiger partial charge is 0.349 e. The minimum Gasteiger partial charge on any atom is -0.497 e. The molecule has 27 heavy (non-hydrogen) atoms. The monoisotopic (exact) mass is 364 g/mol. The Balaban J connectivity index is 1.69. The van der Waals surface area contributed by atoms with Crippen LogP contribution in [0.3, 0.4) is 0 Å². The summed E-state index contributed by atoms with van der Waals surface area (Å²) in [7, 11) is 1.62. The first-order valence-corrected chi connectivity index (χ1v) is 8.98. The van der Waals surface area contributed by atoms with E-state index >= 15 is 0 Å². The third-order valence-electron chi connectivity index (χ3n) is 4.39. The van der Waals surface area contributed by atoms with E-state index in [2.05, 4.69) is 13.8 Å². The number of benzene rings is 3. The molecule has 0 spiro atoms. The predicted molar refractivity (Wildman–Crippen MR) is 107 cm³/mol. The molecule has 140 valence electrons. The topological polar surface area (TPSA) is 44.8 Å². The van der Waals surface area contributed by atoms with Gasteiger partial charge < -0.3 is 14.2 Å². The quantitative estimate of drug-likeness (QED) is 0.442. The van der Waals surface area contributed by atoms with Crippen molar-refractivity contribution in [2.24, 2.45) is 0 Å². The Morgan fingerprint density at radius 2 is 1.63 bits per heavy atom. The van der Waals surface area contributed by atoms with Crippen LogP contribution >= 0.6 is 0 Å². The number of hydrogen-bond acceptors (Lipinski definition) is 4. The Hall–Kier alpha value is -3.01. The van der Waals surface area contributed by atoms with Crippen LogP contribution in [0, 0.1) is 6.92 Å². The van der Waals surface area contributed by atoms with Crippen molar-refractivity contribution in [3.05, 3.63) is 65.7 Å². The second-order valence-electron chi connectivity index (χ2n) is 6.83. The Labute approximate surface area is 159 Å². The molecular formula is C23H24O4. The average Bonchev–Trinajstić information content (AvgIpc) is 2.65. The maximum Gasteiger partial charge on any atom is 0.349 e. The van der Waals surface area contributed by atoms with Gasteiger partial charge >= 0.3 is 5.97 Å². The van der Waals surface area contributed by atoms with Crippen LogP contribution in [0.5, 0.6) is 17.2 Å². The number of ether oxygens (including phenoxy) is 3. The second-order valence-corrected chi connectivity index (χ2v) is 6.83. The molecule has 3 aromatic rings. The number of rotatable bonds is 6. The molecule has 0 unspecified atom stereocenters. The fourth-order valence-electron chi connectivity index (χ4n) is 2.93. The van der Waals surface area contributed by atoms with Gasteiger partial charge in [-0.2, -0.15) is 0 Å². The van der Waals surface area contributed by atoms with Gasteiger partial charge in [-0.25, -0.2) is 4.79 Å². The zero-order valence-electron chi connectivity index (χ0n) is 16.1. The number of aryl methyl sites for hydroxylation is 1. The van der Waals surface area contributed by atoms with Gasteiger partial charge in [-0.3, -0.25) is 0 Å². The third-order valence-corrected chi connectivity index (χ3v) is 4.39. The summed E-state index contributed by atoms with van der Waals surface area (Å²) < 4.78 is 16.4.